The lowest BCUT2D eigenvalue weighted by Gasteiger charge is -2.08. The van der Waals surface area contributed by atoms with Crippen LogP contribution in [0.4, 0.5) is 5.69 Å². The van der Waals surface area contributed by atoms with E-state index in [0.29, 0.717) is 15.7 Å². The van der Waals surface area contributed by atoms with Crippen LogP contribution in [0, 0.1) is 3.57 Å². The third-order valence-electron chi connectivity index (χ3n) is 2.51. The van der Waals surface area contributed by atoms with E-state index in [0.717, 1.165) is 9.13 Å². The molecule has 98 valence electrons. The highest BCUT2D eigenvalue weighted by Crippen LogP contribution is 2.24. The number of carbonyl (C=O) groups is 1. The van der Waals surface area contributed by atoms with Crippen LogP contribution in [0.25, 0.3) is 0 Å². The van der Waals surface area contributed by atoms with Crippen LogP contribution in [0.15, 0.2) is 42.5 Å². The Labute approximate surface area is 135 Å². The highest BCUT2D eigenvalue weighted by molar-refractivity contribution is 14.1. The molecule has 0 spiro atoms. The van der Waals surface area contributed by atoms with Gasteiger partial charge >= 0.3 is 0 Å². The zero-order valence-corrected chi connectivity index (χ0v) is 13.5. The minimum absolute atomic E-state index is 0.142. The first-order chi connectivity index (χ1) is 9.06. The van der Waals surface area contributed by atoms with Gasteiger partial charge in [0.15, 0.2) is 0 Å². The minimum atomic E-state index is -0.142. The number of anilines is 1. The average Bonchev–Trinajstić information content (AvgIpc) is 2.37. The second-order valence-corrected chi connectivity index (χ2v) is 6.00. The fourth-order valence-electron chi connectivity index (χ4n) is 1.60. The number of rotatable bonds is 3. The van der Waals surface area contributed by atoms with Crippen molar-refractivity contribution < 1.29 is 4.79 Å². The van der Waals surface area contributed by atoms with Gasteiger partial charge in [-0.05, 0) is 52.4 Å². The van der Waals surface area contributed by atoms with Crippen molar-refractivity contribution >= 4 is 57.4 Å². The molecule has 0 saturated carbocycles. The van der Waals surface area contributed by atoms with Crippen molar-refractivity contribution in [2.75, 3.05) is 5.32 Å². The van der Waals surface area contributed by atoms with E-state index in [2.05, 4.69) is 27.9 Å². The van der Waals surface area contributed by atoms with E-state index in [-0.39, 0.29) is 12.3 Å². The standard InChI is InChI=1S/C14H10Cl2INO/c15-11-4-2-1-3-9(11)7-14(19)18-13-8-10(17)5-6-12(13)16/h1-6,8H,7H2,(H,18,19). The van der Waals surface area contributed by atoms with E-state index in [1.54, 1.807) is 12.1 Å². The van der Waals surface area contributed by atoms with Gasteiger partial charge in [-0.2, -0.15) is 0 Å². The summed E-state index contributed by atoms with van der Waals surface area (Å²) in [5.74, 6) is -0.142. The molecule has 0 aliphatic carbocycles. The number of nitrogens with one attached hydrogen (secondary N) is 1. The first-order valence-corrected chi connectivity index (χ1v) is 7.38. The summed E-state index contributed by atoms with van der Waals surface area (Å²) in [7, 11) is 0. The Morgan fingerprint density at radius 1 is 1.11 bits per heavy atom. The second kappa shape index (κ2) is 6.59. The largest absolute Gasteiger partial charge is 0.324 e. The first-order valence-electron chi connectivity index (χ1n) is 5.54. The van der Waals surface area contributed by atoms with Crippen molar-refractivity contribution in [2.45, 2.75) is 6.42 Å². The summed E-state index contributed by atoms with van der Waals surface area (Å²) in [6.07, 6.45) is 0.224. The molecule has 0 radical (unpaired) electrons. The number of amides is 1. The summed E-state index contributed by atoms with van der Waals surface area (Å²) >= 11 is 14.2. The minimum Gasteiger partial charge on any atom is -0.324 e. The van der Waals surface area contributed by atoms with Gasteiger partial charge in [0.1, 0.15) is 0 Å². The van der Waals surface area contributed by atoms with Gasteiger partial charge in [-0.25, -0.2) is 0 Å². The number of benzene rings is 2. The quantitative estimate of drug-likeness (QED) is 0.731. The molecule has 1 N–H and O–H groups in total. The van der Waals surface area contributed by atoms with Gasteiger partial charge in [-0.1, -0.05) is 41.4 Å². The van der Waals surface area contributed by atoms with Crippen molar-refractivity contribution in [1.82, 2.24) is 0 Å². The summed E-state index contributed by atoms with van der Waals surface area (Å²) in [6, 6.07) is 12.8. The highest BCUT2D eigenvalue weighted by Gasteiger charge is 2.09. The molecule has 0 aromatic heterocycles. The topological polar surface area (TPSA) is 29.1 Å². The Hall–Kier alpha value is -0.780. The van der Waals surface area contributed by atoms with Gasteiger partial charge in [-0.3, -0.25) is 4.79 Å². The first kappa shape index (κ1) is 14.6. The fourth-order valence-corrected chi connectivity index (χ4v) is 2.46. The molecule has 0 bridgehead atoms. The molecule has 19 heavy (non-hydrogen) atoms. The van der Waals surface area contributed by atoms with Crippen molar-refractivity contribution in [3.8, 4) is 0 Å². The molecule has 2 nitrogen and oxygen atoms in total. The molecule has 0 unspecified atom stereocenters. The lowest BCUT2D eigenvalue weighted by Crippen LogP contribution is -2.15. The van der Waals surface area contributed by atoms with Gasteiger partial charge < -0.3 is 5.32 Å². The number of halogens is 3. The van der Waals surface area contributed by atoms with E-state index in [1.165, 1.54) is 0 Å². The Morgan fingerprint density at radius 2 is 1.84 bits per heavy atom. The summed E-state index contributed by atoms with van der Waals surface area (Å²) in [4.78, 5) is 12.0. The molecule has 1 amide bonds. The monoisotopic (exact) mass is 405 g/mol. The van der Waals surface area contributed by atoms with Crippen molar-refractivity contribution in [2.24, 2.45) is 0 Å². The van der Waals surface area contributed by atoms with Gasteiger partial charge in [0.05, 0.1) is 17.1 Å². The zero-order valence-electron chi connectivity index (χ0n) is 9.79. The van der Waals surface area contributed by atoms with Crippen molar-refractivity contribution in [3.05, 3.63) is 61.6 Å². The highest BCUT2D eigenvalue weighted by atomic mass is 127. The Balaban J connectivity index is 2.10. The van der Waals surface area contributed by atoms with Crippen LogP contribution in [0.5, 0.6) is 0 Å². The molecular weight excluding hydrogens is 396 g/mol. The van der Waals surface area contributed by atoms with Crippen LogP contribution in [0.2, 0.25) is 10.0 Å². The van der Waals surface area contributed by atoms with Gasteiger partial charge in [0.2, 0.25) is 5.91 Å². The number of hydrogen-bond donors (Lipinski definition) is 1. The molecule has 2 aromatic carbocycles. The van der Waals surface area contributed by atoms with Crippen LogP contribution in [0.3, 0.4) is 0 Å². The molecular formula is C14H10Cl2INO. The maximum atomic E-state index is 12.0. The summed E-state index contributed by atoms with van der Waals surface area (Å²) < 4.78 is 1.01. The molecule has 2 rings (SSSR count). The van der Waals surface area contributed by atoms with E-state index in [4.69, 9.17) is 23.2 Å². The average molecular weight is 406 g/mol. The Kier molecular flexibility index (Phi) is 5.07. The van der Waals surface area contributed by atoms with Gasteiger partial charge in [0.25, 0.3) is 0 Å². The molecule has 0 fully saturated rings. The SMILES string of the molecule is O=C(Cc1ccccc1Cl)Nc1cc(I)ccc1Cl. The predicted molar refractivity (Wildman–Crippen MR) is 88.0 cm³/mol. The molecule has 2 aromatic rings. The van der Waals surface area contributed by atoms with Crippen LogP contribution < -0.4 is 5.32 Å². The van der Waals surface area contributed by atoms with Crippen LogP contribution >= 0.6 is 45.8 Å². The van der Waals surface area contributed by atoms with Crippen molar-refractivity contribution in [1.29, 1.82) is 0 Å². The molecule has 5 heteroatoms. The maximum Gasteiger partial charge on any atom is 0.228 e. The molecule has 0 atom stereocenters. The normalized spacial score (nSPS) is 10.3. The number of hydrogen-bond acceptors (Lipinski definition) is 1. The zero-order chi connectivity index (χ0) is 13.8. The van der Waals surface area contributed by atoms with Gasteiger partial charge in [0, 0.05) is 8.59 Å². The van der Waals surface area contributed by atoms with E-state index < -0.39 is 0 Å². The number of carbonyl (C=O) groups excluding carboxylic acids is 1. The predicted octanol–water partition coefficient (Wildman–Crippen LogP) is 4.78. The molecule has 0 aliphatic heterocycles. The maximum absolute atomic E-state index is 12.0. The van der Waals surface area contributed by atoms with Gasteiger partial charge in [-0.15, -0.1) is 0 Å². The Morgan fingerprint density at radius 3 is 2.58 bits per heavy atom. The third kappa shape index (κ3) is 4.09. The molecule has 0 saturated heterocycles. The van der Waals surface area contributed by atoms with E-state index in [9.17, 15) is 4.79 Å². The summed E-state index contributed by atoms with van der Waals surface area (Å²) in [5.41, 5.74) is 1.41. The third-order valence-corrected chi connectivity index (χ3v) is 3.88. The van der Waals surface area contributed by atoms with Crippen LogP contribution in [-0.2, 0) is 11.2 Å². The fraction of sp³-hybridized carbons (Fsp3) is 0.0714. The van der Waals surface area contributed by atoms with Crippen LogP contribution in [0.1, 0.15) is 5.56 Å². The summed E-state index contributed by atoms with van der Waals surface area (Å²) in [6.45, 7) is 0. The van der Waals surface area contributed by atoms with E-state index >= 15 is 0 Å². The summed E-state index contributed by atoms with van der Waals surface area (Å²) in [5, 5.41) is 3.90. The second-order valence-electron chi connectivity index (χ2n) is 3.94. The molecule has 0 aliphatic rings. The van der Waals surface area contributed by atoms with E-state index in [1.807, 2.05) is 30.3 Å². The smallest absolute Gasteiger partial charge is 0.228 e. The van der Waals surface area contributed by atoms with Crippen molar-refractivity contribution in [3.63, 3.8) is 0 Å². The lowest BCUT2D eigenvalue weighted by molar-refractivity contribution is -0.115. The Bertz CT molecular complexity index is 616. The lowest BCUT2D eigenvalue weighted by atomic mass is 10.1. The van der Waals surface area contributed by atoms with Crippen LogP contribution in [-0.4, -0.2) is 5.91 Å². The molecule has 0 heterocycles.